The first-order valence-corrected chi connectivity index (χ1v) is 21.5. The summed E-state index contributed by atoms with van der Waals surface area (Å²) in [6, 6.07) is 5.83. The summed E-state index contributed by atoms with van der Waals surface area (Å²) in [6.07, 6.45) is 5.00. The number of carbonyl (C=O) groups excluding carboxylic acids is 5. The molecule has 18 nitrogen and oxygen atoms in total. The fourth-order valence-corrected chi connectivity index (χ4v) is 9.10. The molecule has 5 aliphatic rings. The molecule has 5 N–H and O–H groups in total. The van der Waals surface area contributed by atoms with Crippen LogP contribution in [-0.4, -0.2) is 145 Å². The van der Waals surface area contributed by atoms with E-state index in [1.807, 2.05) is 0 Å². The van der Waals surface area contributed by atoms with Crippen molar-refractivity contribution < 1.29 is 51.7 Å². The smallest absolute Gasteiger partial charge is 0.342 e. The lowest BCUT2D eigenvalue weighted by atomic mass is 10.0. The van der Waals surface area contributed by atoms with Crippen molar-refractivity contribution in [3.05, 3.63) is 59.0 Å². The van der Waals surface area contributed by atoms with Crippen LogP contribution in [0.5, 0.6) is 5.75 Å². The van der Waals surface area contributed by atoms with Crippen molar-refractivity contribution in [3.8, 4) is 5.75 Å². The Bertz CT molecular complexity index is 2310. The summed E-state index contributed by atoms with van der Waals surface area (Å²) < 4.78 is 57.0. The Morgan fingerprint density at radius 1 is 1.00 bits per heavy atom. The molecule has 2 atom stereocenters. The molecule has 0 radical (unpaired) electrons. The molecule has 2 unspecified atom stereocenters. The van der Waals surface area contributed by atoms with Crippen LogP contribution in [0.15, 0.2) is 36.5 Å². The summed E-state index contributed by atoms with van der Waals surface area (Å²) in [4.78, 5) is 79.2. The zero-order valence-electron chi connectivity index (χ0n) is 35.5. The molecule has 5 amide bonds. The van der Waals surface area contributed by atoms with Crippen molar-refractivity contribution in [2.45, 2.75) is 81.6 Å². The molecule has 21 heteroatoms. The van der Waals surface area contributed by atoms with Gasteiger partial charge in [0.25, 0.3) is 23.6 Å². The molecule has 3 fully saturated rings. The Morgan fingerprint density at radius 3 is 2.50 bits per heavy atom. The number of carbonyl (C=O) groups is 5. The molecule has 342 valence electrons. The number of hydrogen-bond acceptors (Lipinski definition) is 14. The normalized spacial score (nSPS) is 21.7. The fraction of sp³-hybridized carbons (Fsp3) is 0.512. The number of hydrogen-bond donors (Lipinski definition) is 5. The molecule has 8 rings (SSSR count). The van der Waals surface area contributed by atoms with Crippen molar-refractivity contribution >= 4 is 58.4 Å². The summed E-state index contributed by atoms with van der Waals surface area (Å²) in [5.74, 6) is -7.87. The van der Waals surface area contributed by atoms with Crippen LogP contribution in [0.4, 0.5) is 42.0 Å². The van der Waals surface area contributed by atoms with Gasteiger partial charge in [-0.1, -0.05) is 18.9 Å². The van der Waals surface area contributed by atoms with E-state index in [2.05, 4.69) is 36.1 Å². The number of amides is 5. The van der Waals surface area contributed by atoms with Crippen molar-refractivity contribution in [1.29, 1.82) is 0 Å². The standard InChI is InChI=1S/C43H51F3N10O8/c1-53-32-22-48-42(52-36(32)55(25-6-3-4-7-25)23-43(45,46)41(53)62)50-30-21-28(44)27(20-33(30)63-2)37(58)49-24-12-15-54(16-13-24)17-19-64-18-14-47-29-9-5-8-26-35(29)40(61)56(39(26)60)31-10-11-34(57)51-38(31)59/h5,8-9,20-22,24-25,31,34,47,57H,3-4,6-7,10-19,23H2,1-2H3,(H,49,58)(H,51,59)(H,48,50,52). The highest BCUT2D eigenvalue weighted by Gasteiger charge is 2.49. The fourth-order valence-electron chi connectivity index (χ4n) is 9.10. The van der Waals surface area contributed by atoms with Crippen LogP contribution in [0.25, 0.3) is 0 Å². The summed E-state index contributed by atoms with van der Waals surface area (Å²) in [6.45, 7) is 2.24. The summed E-state index contributed by atoms with van der Waals surface area (Å²) in [5.41, 5.74) is 0.877. The van der Waals surface area contributed by atoms with Gasteiger partial charge in [0, 0.05) is 57.1 Å². The summed E-state index contributed by atoms with van der Waals surface area (Å²) >= 11 is 0. The first-order valence-electron chi connectivity index (χ1n) is 21.5. The molecule has 0 bridgehead atoms. The van der Waals surface area contributed by atoms with Crippen LogP contribution in [0.2, 0.25) is 0 Å². The van der Waals surface area contributed by atoms with Gasteiger partial charge in [-0.15, -0.1) is 0 Å². The first-order chi connectivity index (χ1) is 30.7. The number of nitrogens with zero attached hydrogens (tertiary/aromatic N) is 6. The third kappa shape index (κ3) is 9.00. The van der Waals surface area contributed by atoms with E-state index in [1.54, 1.807) is 18.2 Å². The van der Waals surface area contributed by atoms with Gasteiger partial charge < -0.3 is 50.5 Å². The molecule has 1 aromatic heterocycles. The monoisotopic (exact) mass is 892 g/mol. The lowest BCUT2D eigenvalue weighted by molar-refractivity contribution is -0.140. The average Bonchev–Trinajstić information content (AvgIpc) is 3.89. The van der Waals surface area contributed by atoms with Crippen LogP contribution in [0.1, 0.15) is 82.4 Å². The van der Waals surface area contributed by atoms with Gasteiger partial charge in [-0.05, 0) is 56.7 Å². The van der Waals surface area contributed by atoms with Crippen LogP contribution in [0, 0.1) is 5.82 Å². The number of anilines is 5. The van der Waals surface area contributed by atoms with E-state index < -0.39 is 60.1 Å². The van der Waals surface area contributed by atoms with Gasteiger partial charge in [-0.3, -0.25) is 28.9 Å². The third-order valence-corrected chi connectivity index (χ3v) is 12.5. The van der Waals surface area contributed by atoms with Crippen molar-refractivity contribution in [3.63, 3.8) is 0 Å². The predicted molar refractivity (Wildman–Crippen MR) is 227 cm³/mol. The van der Waals surface area contributed by atoms with E-state index in [9.17, 15) is 29.1 Å². The van der Waals surface area contributed by atoms with Crippen LogP contribution < -0.4 is 35.8 Å². The minimum atomic E-state index is -3.64. The minimum absolute atomic E-state index is 0.0355. The quantitative estimate of drug-likeness (QED) is 0.116. The van der Waals surface area contributed by atoms with Gasteiger partial charge >= 0.3 is 5.92 Å². The topological polar surface area (TPSA) is 211 Å². The Kier molecular flexibility index (Phi) is 12.9. The second kappa shape index (κ2) is 18.6. The van der Waals surface area contributed by atoms with Gasteiger partial charge in [-0.25, -0.2) is 9.37 Å². The largest absolute Gasteiger partial charge is 0.495 e. The number of ether oxygens (including phenoxy) is 2. The van der Waals surface area contributed by atoms with E-state index in [-0.39, 0.29) is 70.5 Å². The van der Waals surface area contributed by atoms with Gasteiger partial charge in [0.15, 0.2) is 5.82 Å². The molecule has 5 heterocycles. The number of imide groups is 1. The molecule has 1 aliphatic carbocycles. The van der Waals surface area contributed by atoms with E-state index in [4.69, 9.17) is 9.47 Å². The molecule has 3 aromatic rings. The van der Waals surface area contributed by atoms with Gasteiger partial charge in [0.1, 0.15) is 29.5 Å². The van der Waals surface area contributed by atoms with Crippen LogP contribution in [-0.2, 0) is 14.3 Å². The highest BCUT2D eigenvalue weighted by atomic mass is 19.3. The van der Waals surface area contributed by atoms with Gasteiger partial charge in [0.2, 0.25) is 11.9 Å². The number of likely N-dealkylation sites (tertiary alicyclic amines) is 1. The second-order valence-electron chi connectivity index (χ2n) is 16.6. The average molecular weight is 893 g/mol. The summed E-state index contributed by atoms with van der Waals surface area (Å²) in [5, 5.41) is 21.1. The number of piperidine rings is 2. The lowest BCUT2D eigenvalue weighted by Gasteiger charge is -2.32. The number of aliphatic hydroxyl groups is 1. The van der Waals surface area contributed by atoms with Crippen molar-refractivity contribution in [1.82, 2.24) is 30.4 Å². The number of halogens is 3. The number of methoxy groups -OCH3 is 1. The van der Waals surface area contributed by atoms with Crippen molar-refractivity contribution in [2.24, 2.45) is 0 Å². The maximum atomic E-state index is 15.6. The molecule has 2 aromatic carbocycles. The Hall–Kier alpha value is -6.06. The van der Waals surface area contributed by atoms with E-state index in [0.29, 0.717) is 70.8 Å². The number of alkyl halides is 2. The maximum absolute atomic E-state index is 15.6. The number of aliphatic hydroxyl groups excluding tert-OH is 1. The predicted octanol–water partition coefficient (Wildman–Crippen LogP) is 3.24. The number of fused-ring (bicyclic) bond motifs is 2. The zero-order chi connectivity index (χ0) is 45.3. The highest BCUT2D eigenvalue weighted by Crippen LogP contribution is 2.40. The maximum Gasteiger partial charge on any atom is 0.342 e. The van der Waals surface area contributed by atoms with Crippen LogP contribution in [0.3, 0.4) is 0 Å². The van der Waals surface area contributed by atoms with E-state index in [1.165, 1.54) is 31.3 Å². The SMILES string of the molecule is COc1cc(C(=O)NC2CCN(CCOCCNc3cccc4c3C(=O)N(C3CCC(O)NC3=O)C4=O)CC2)c(F)cc1Nc1ncc2c(n1)N(C1CCCC1)CC(F)(F)C(=O)N2C. The van der Waals surface area contributed by atoms with E-state index >= 15 is 13.2 Å². The molecule has 0 spiro atoms. The molecular weight excluding hydrogens is 842 g/mol. The lowest BCUT2D eigenvalue weighted by Crippen LogP contribution is -2.55. The molecule has 2 saturated heterocycles. The van der Waals surface area contributed by atoms with Gasteiger partial charge in [0.05, 0.1) is 55.4 Å². The number of aromatic nitrogens is 2. The zero-order valence-corrected chi connectivity index (χ0v) is 35.5. The second-order valence-corrected chi connectivity index (χ2v) is 16.6. The molecule has 1 saturated carbocycles. The Morgan fingerprint density at radius 2 is 1.77 bits per heavy atom. The first kappa shape index (κ1) is 44.5. The number of nitrogens with one attached hydrogen (secondary N) is 4. The third-order valence-electron chi connectivity index (χ3n) is 12.5. The Balaban J connectivity index is 0.800. The number of rotatable bonds is 14. The molecular formula is C43H51F3N10O8. The Labute approximate surface area is 366 Å². The van der Waals surface area contributed by atoms with E-state index in [0.717, 1.165) is 28.7 Å². The highest BCUT2D eigenvalue weighted by molar-refractivity contribution is 6.25. The number of benzene rings is 2. The van der Waals surface area contributed by atoms with Crippen LogP contribution >= 0.6 is 0 Å². The minimum Gasteiger partial charge on any atom is -0.495 e. The van der Waals surface area contributed by atoms with Gasteiger partial charge in [-0.2, -0.15) is 13.8 Å². The molecule has 64 heavy (non-hydrogen) atoms. The van der Waals surface area contributed by atoms with Crippen molar-refractivity contribution in [2.75, 3.05) is 80.5 Å². The summed E-state index contributed by atoms with van der Waals surface area (Å²) in [7, 11) is 2.62. The molecule has 4 aliphatic heterocycles.